The van der Waals surface area contributed by atoms with Gasteiger partial charge in [0.15, 0.2) is 23.4 Å². The molecule has 0 unspecified atom stereocenters. The zero-order valence-electron chi connectivity index (χ0n) is 20.2. The van der Waals surface area contributed by atoms with Gasteiger partial charge in [-0.15, -0.1) is 0 Å². The molecule has 0 bridgehead atoms. The van der Waals surface area contributed by atoms with Crippen LogP contribution in [0.4, 0.5) is 22.1 Å². The number of amides is 3. The highest BCUT2D eigenvalue weighted by Gasteiger charge is 2.20. The van der Waals surface area contributed by atoms with Gasteiger partial charge in [-0.2, -0.15) is 0 Å². The summed E-state index contributed by atoms with van der Waals surface area (Å²) in [7, 11) is 1.92. The molecule has 0 aliphatic heterocycles. The number of hydrogen-bond acceptors (Lipinski definition) is 8. The number of rotatable bonds is 11. The summed E-state index contributed by atoms with van der Waals surface area (Å²) in [4.78, 5) is 45.9. The Morgan fingerprint density at radius 2 is 1.85 bits per heavy atom. The van der Waals surface area contributed by atoms with Crippen molar-refractivity contribution in [2.45, 2.75) is 52.7 Å². The molecule has 11 nitrogen and oxygen atoms in total. The maximum Gasteiger partial charge on any atom is 0.405 e. The fourth-order valence-electron chi connectivity index (χ4n) is 3.13. The number of nitrogens with zero attached hydrogens (tertiary/aromatic N) is 3. The van der Waals surface area contributed by atoms with Crippen molar-refractivity contribution in [3.63, 3.8) is 0 Å². The summed E-state index contributed by atoms with van der Waals surface area (Å²) in [5, 5.41) is 5.85. The molecule has 0 spiro atoms. The number of nitrogens with one attached hydrogen (secondary N) is 2. The van der Waals surface area contributed by atoms with Crippen LogP contribution in [-0.4, -0.2) is 53.6 Å². The van der Waals surface area contributed by atoms with Crippen LogP contribution >= 0.6 is 0 Å². The number of aromatic nitrogens is 2. The maximum absolute atomic E-state index is 12.1. The van der Waals surface area contributed by atoms with Crippen molar-refractivity contribution < 1.29 is 19.1 Å². The van der Waals surface area contributed by atoms with Gasteiger partial charge in [-0.3, -0.25) is 9.59 Å². The topological polar surface area (TPSA) is 166 Å². The molecular formula is C23H33N7O4. The predicted octanol–water partition coefficient (Wildman–Crippen LogP) is 1.87. The van der Waals surface area contributed by atoms with Crippen molar-refractivity contribution in [1.29, 1.82) is 0 Å². The second-order valence-corrected chi connectivity index (χ2v) is 8.06. The standard InChI is InChI=1S/C23H33N7O4/c1-6-17-21(30(5)13(2)3)29-20(18(28-17)19(24)31)27-16-9-7-8-15(12-16)10-11-26-22(32)14(4)34-23(25)33/h7-9,12-14H,6,10-11H2,1-5H3,(H2,24,31)(H2,25,33)(H,26,32)(H,27,29)/t14-/m0/s1. The Morgan fingerprint density at radius 1 is 1.15 bits per heavy atom. The molecule has 0 saturated heterocycles. The zero-order valence-corrected chi connectivity index (χ0v) is 20.2. The Morgan fingerprint density at radius 3 is 2.44 bits per heavy atom. The molecule has 0 aliphatic rings. The molecule has 1 aromatic heterocycles. The first kappa shape index (κ1) is 26.4. The first-order chi connectivity index (χ1) is 16.0. The van der Waals surface area contributed by atoms with Gasteiger partial charge in [0.05, 0.1) is 5.69 Å². The molecule has 2 aromatic rings. The lowest BCUT2D eigenvalue weighted by molar-refractivity contribution is -0.128. The monoisotopic (exact) mass is 471 g/mol. The molecule has 1 atom stereocenters. The Balaban J connectivity index is 2.20. The molecule has 1 heterocycles. The summed E-state index contributed by atoms with van der Waals surface area (Å²) in [6.45, 7) is 7.80. The van der Waals surface area contributed by atoms with Gasteiger partial charge >= 0.3 is 6.09 Å². The summed E-state index contributed by atoms with van der Waals surface area (Å²) in [6, 6.07) is 7.64. The number of benzene rings is 1. The van der Waals surface area contributed by atoms with Crippen LogP contribution in [0.5, 0.6) is 0 Å². The summed E-state index contributed by atoms with van der Waals surface area (Å²) in [6.07, 6.45) is -0.852. The molecule has 6 N–H and O–H groups in total. The average Bonchev–Trinajstić information content (AvgIpc) is 2.77. The second kappa shape index (κ2) is 11.8. The Hall–Kier alpha value is -3.89. The highest BCUT2D eigenvalue weighted by atomic mass is 16.6. The fraction of sp³-hybridized carbons (Fsp3) is 0.435. The number of aryl methyl sites for hydroxylation is 1. The summed E-state index contributed by atoms with van der Waals surface area (Å²) >= 11 is 0. The molecule has 34 heavy (non-hydrogen) atoms. The van der Waals surface area contributed by atoms with Crippen molar-refractivity contribution in [2.24, 2.45) is 11.5 Å². The normalized spacial score (nSPS) is 11.6. The number of primary amides is 2. The molecule has 0 saturated carbocycles. The minimum absolute atomic E-state index is 0.0684. The minimum atomic E-state index is -1.01. The van der Waals surface area contributed by atoms with Crippen LogP contribution in [-0.2, 0) is 22.4 Å². The third-order valence-corrected chi connectivity index (χ3v) is 5.19. The number of carbonyl (C=O) groups is 3. The number of ether oxygens (including phenoxy) is 1. The van der Waals surface area contributed by atoms with Crippen molar-refractivity contribution in [3.8, 4) is 0 Å². The average molecular weight is 472 g/mol. The van der Waals surface area contributed by atoms with E-state index in [1.807, 2.05) is 57.0 Å². The third kappa shape index (κ3) is 7.06. The molecule has 0 fully saturated rings. The van der Waals surface area contributed by atoms with Crippen molar-refractivity contribution in [1.82, 2.24) is 15.3 Å². The van der Waals surface area contributed by atoms with E-state index in [1.54, 1.807) is 0 Å². The van der Waals surface area contributed by atoms with Crippen molar-refractivity contribution in [2.75, 3.05) is 23.8 Å². The van der Waals surface area contributed by atoms with Crippen molar-refractivity contribution >= 4 is 35.2 Å². The maximum atomic E-state index is 12.1. The zero-order chi connectivity index (χ0) is 25.4. The Labute approximate surface area is 199 Å². The predicted molar refractivity (Wildman–Crippen MR) is 130 cm³/mol. The highest BCUT2D eigenvalue weighted by molar-refractivity contribution is 5.96. The molecule has 0 radical (unpaired) electrons. The quantitative estimate of drug-likeness (QED) is 0.385. The first-order valence-electron chi connectivity index (χ1n) is 11.1. The molecule has 184 valence electrons. The van der Waals surface area contributed by atoms with Gasteiger partial charge in [-0.1, -0.05) is 19.1 Å². The molecule has 0 aliphatic carbocycles. The SMILES string of the molecule is CCc1nc(C(N)=O)c(Nc2cccc(CCNC(=O)[C@H](C)OC(N)=O)c2)nc1N(C)C(C)C. The minimum Gasteiger partial charge on any atom is -0.437 e. The van der Waals surface area contributed by atoms with E-state index in [9.17, 15) is 14.4 Å². The van der Waals surface area contributed by atoms with Crippen LogP contribution in [0.1, 0.15) is 49.4 Å². The molecule has 11 heteroatoms. The number of carbonyl (C=O) groups excluding carboxylic acids is 3. The van der Waals surface area contributed by atoms with Gasteiger partial charge in [-0.05, 0) is 51.3 Å². The highest BCUT2D eigenvalue weighted by Crippen LogP contribution is 2.25. The van der Waals surface area contributed by atoms with Gasteiger partial charge < -0.3 is 31.7 Å². The first-order valence-corrected chi connectivity index (χ1v) is 11.1. The van der Waals surface area contributed by atoms with Crippen LogP contribution < -0.4 is 27.0 Å². The van der Waals surface area contributed by atoms with Gasteiger partial charge in [0, 0.05) is 25.3 Å². The van der Waals surface area contributed by atoms with E-state index in [-0.39, 0.29) is 17.6 Å². The summed E-state index contributed by atoms with van der Waals surface area (Å²) < 4.78 is 4.65. The Kier molecular flexibility index (Phi) is 9.17. The van der Waals surface area contributed by atoms with Crippen LogP contribution in [0.15, 0.2) is 24.3 Å². The summed E-state index contributed by atoms with van der Waals surface area (Å²) in [5.74, 6) is -0.159. The number of hydrogen-bond donors (Lipinski definition) is 4. The van der Waals surface area contributed by atoms with E-state index < -0.39 is 24.0 Å². The van der Waals surface area contributed by atoms with Gasteiger partial charge in [0.25, 0.3) is 11.8 Å². The van der Waals surface area contributed by atoms with E-state index in [2.05, 4.69) is 25.3 Å². The van der Waals surface area contributed by atoms with E-state index in [1.165, 1.54) is 6.92 Å². The van der Waals surface area contributed by atoms with Crippen LogP contribution in [0.2, 0.25) is 0 Å². The molecular weight excluding hydrogens is 438 g/mol. The van der Waals surface area contributed by atoms with Gasteiger partial charge in [0.2, 0.25) is 0 Å². The van der Waals surface area contributed by atoms with E-state index in [0.717, 1.165) is 5.56 Å². The van der Waals surface area contributed by atoms with Gasteiger partial charge in [-0.25, -0.2) is 14.8 Å². The van der Waals surface area contributed by atoms with Crippen LogP contribution in [0, 0.1) is 0 Å². The molecule has 3 amide bonds. The van der Waals surface area contributed by atoms with Crippen LogP contribution in [0.3, 0.4) is 0 Å². The molecule has 2 rings (SSSR count). The van der Waals surface area contributed by atoms with E-state index in [4.69, 9.17) is 11.5 Å². The van der Waals surface area contributed by atoms with Crippen LogP contribution in [0.25, 0.3) is 0 Å². The largest absolute Gasteiger partial charge is 0.437 e. The smallest absolute Gasteiger partial charge is 0.405 e. The lowest BCUT2D eigenvalue weighted by atomic mass is 10.1. The van der Waals surface area contributed by atoms with E-state index >= 15 is 0 Å². The van der Waals surface area contributed by atoms with Gasteiger partial charge in [0.1, 0.15) is 0 Å². The van der Waals surface area contributed by atoms with E-state index in [0.29, 0.717) is 36.6 Å². The number of nitrogens with two attached hydrogens (primary N) is 2. The second-order valence-electron chi connectivity index (χ2n) is 8.06. The third-order valence-electron chi connectivity index (χ3n) is 5.19. The molecule has 1 aromatic carbocycles. The lowest BCUT2D eigenvalue weighted by Crippen LogP contribution is -2.37. The summed E-state index contributed by atoms with van der Waals surface area (Å²) in [5.41, 5.74) is 12.9. The Bertz CT molecular complexity index is 1040. The van der Waals surface area contributed by atoms with Crippen molar-refractivity contribution in [3.05, 3.63) is 41.2 Å². The lowest BCUT2D eigenvalue weighted by Gasteiger charge is -2.25. The fourth-order valence-corrected chi connectivity index (χ4v) is 3.13. The number of anilines is 3.